The molecule has 8 nitrogen and oxygen atoms in total. The van der Waals surface area contributed by atoms with Gasteiger partial charge in [0.15, 0.2) is 5.65 Å². The van der Waals surface area contributed by atoms with Gasteiger partial charge in [0.2, 0.25) is 5.91 Å². The molecule has 0 spiro atoms. The first-order valence-electron chi connectivity index (χ1n) is 9.74. The number of H-pyrrole nitrogens is 1. The molecule has 3 heterocycles. The number of nitrogens with one attached hydrogen (secondary N) is 2. The molecule has 0 saturated heterocycles. The van der Waals surface area contributed by atoms with Gasteiger partial charge in [-0.3, -0.25) is 14.7 Å². The van der Waals surface area contributed by atoms with Crippen molar-refractivity contribution in [3.63, 3.8) is 0 Å². The van der Waals surface area contributed by atoms with Crippen LogP contribution in [0.3, 0.4) is 0 Å². The third-order valence-corrected chi connectivity index (χ3v) is 5.09. The zero-order chi connectivity index (χ0) is 21.6. The summed E-state index contributed by atoms with van der Waals surface area (Å²) in [6, 6.07) is 9.45. The number of nitrogens with zero attached hydrogens (tertiary/aromatic N) is 4. The fourth-order valence-corrected chi connectivity index (χ4v) is 3.82. The SMILES string of the molecule is Cc1cc(C)cc(-n2nc(C)cc2NC(=O)Cc2c(C)nc3cc(=O)[nH]n3c2C)c1. The summed E-state index contributed by atoms with van der Waals surface area (Å²) >= 11 is 0. The van der Waals surface area contributed by atoms with Gasteiger partial charge in [0, 0.05) is 29.1 Å². The van der Waals surface area contributed by atoms with E-state index < -0.39 is 0 Å². The summed E-state index contributed by atoms with van der Waals surface area (Å²) in [6.45, 7) is 9.67. The molecule has 1 amide bonds. The van der Waals surface area contributed by atoms with Crippen LogP contribution in [-0.2, 0) is 11.2 Å². The molecular weight excluding hydrogens is 380 g/mol. The predicted molar refractivity (Wildman–Crippen MR) is 115 cm³/mol. The van der Waals surface area contributed by atoms with Crippen LogP contribution < -0.4 is 10.9 Å². The molecule has 0 atom stereocenters. The van der Waals surface area contributed by atoms with Gasteiger partial charge in [0.25, 0.3) is 5.56 Å². The summed E-state index contributed by atoms with van der Waals surface area (Å²) in [4.78, 5) is 29.0. The van der Waals surface area contributed by atoms with Crippen LogP contribution >= 0.6 is 0 Å². The molecule has 0 saturated carbocycles. The van der Waals surface area contributed by atoms with Gasteiger partial charge in [0.1, 0.15) is 5.82 Å². The van der Waals surface area contributed by atoms with Crippen molar-refractivity contribution < 1.29 is 4.79 Å². The highest BCUT2D eigenvalue weighted by Crippen LogP contribution is 2.21. The largest absolute Gasteiger partial charge is 0.310 e. The number of hydrogen-bond acceptors (Lipinski definition) is 4. The van der Waals surface area contributed by atoms with E-state index in [1.807, 2.05) is 52.8 Å². The topological polar surface area (TPSA) is 97.1 Å². The number of aromatic nitrogens is 5. The zero-order valence-corrected chi connectivity index (χ0v) is 17.7. The Hall–Kier alpha value is -3.68. The second kappa shape index (κ2) is 7.29. The molecule has 0 unspecified atom stereocenters. The van der Waals surface area contributed by atoms with Crippen molar-refractivity contribution in [1.82, 2.24) is 24.4 Å². The number of hydrogen-bond donors (Lipinski definition) is 2. The number of carbonyl (C=O) groups excluding carboxylic acids is 1. The normalized spacial score (nSPS) is 11.2. The van der Waals surface area contributed by atoms with E-state index >= 15 is 0 Å². The minimum absolute atomic E-state index is 0.137. The van der Waals surface area contributed by atoms with E-state index in [2.05, 4.69) is 26.6 Å². The number of rotatable bonds is 4. The van der Waals surface area contributed by atoms with Crippen LogP contribution in [-0.4, -0.2) is 30.3 Å². The molecule has 2 N–H and O–H groups in total. The van der Waals surface area contributed by atoms with Gasteiger partial charge in [-0.2, -0.15) is 5.10 Å². The molecule has 30 heavy (non-hydrogen) atoms. The molecule has 4 rings (SSSR count). The van der Waals surface area contributed by atoms with Crippen LogP contribution in [0.1, 0.15) is 33.8 Å². The van der Waals surface area contributed by atoms with Crippen molar-refractivity contribution >= 4 is 17.4 Å². The lowest BCUT2D eigenvalue weighted by Crippen LogP contribution is -2.19. The summed E-state index contributed by atoms with van der Waals surface area (Å²) in [6.07, 6.45) is 0.137. The first-order valence-corrected chi connectivity index (χ1v) is 9.74. The van der Waals surface area contributed by atoms with E-state index in [0.717, 1.165) is 39.5 Å². The van der Waals surface area contributed by atoms with Gasteiger partial charge in [-0.05, 0) is 57.9 Å². The smallest absolute Gasteiger partial charge is 0.266 e. The highest BCUT2D eigenvalue weighted by Gasteiger charge is 2.16. The van der Waals surface area contributed by atoms with Crippen molar-refractivity contribution in [3.05, 3.63) is 74.5 Å². The van der Waals surface area contributed by atoms with E-state index in [1.165, 1.54) is 6.07 Å². The van der Waals surface area contributed by atoms with Gasteiger partial charge in [-0.1, -0.05) is 6.07 Å². The van der Waals surface area contributed by atoms with Gasteiger partial charge >= 0.3 is 0 Å². The van der Waals surface area contributed by atoms with E-state index in [9.17, 15) is 9.59 Å². The molecule has 154 valence electrons. The molecule has 0 bridgehead atoms. The lowest BCUT2D eigenvalue weighted by Gasteiger charge is -2.13. The van der Waals surface area contributed by atoms with Crippen LogP contribution in [0.25, 0.3) is 11.3 Å². The Morgan fingerprint density at radius 2 is 1.73 bits per heavy atom. The molecule has 3 aromatic heterocycles. The molecule has 0 aliphatic carbocycles. The number of aromatic amines is 1. The van der Waals surface area contributed by atoms with Crippen LogP contribution in [0, 0.1) is 34.6 Å². The summed E-state index contributed by atoms with van der Waals surface area (Å²) in [5, 5.41) is 10.2. The van der Waals surface area contributed by atoms with E-state index in [4.69, 9.17) is 0 Å². The maximum Gasteiger partial charge on any atom is 0.266 e. The quantitative estimate of drug-likeness (QED) is 0.546. The summed E-state index contributed by atoms with van der Waals surface area (Å²) in [5.41, 5.74) is 6.57. The summed E-state index contributed by atoms with van der Waals surface area (Å²) in [7, 11) is 0. The van der Waals surface area contributed by atoms with Crippen LogP contribution in [0.2, 0.25) is 0 Å². The Bertz CT molecular complexity index is 1320. The van der Waals surface area contributed by atoms with Crippen molar-refractivity contribution in [2.75, 3.05) is 5.32 Å². The maximum atomic E-state index is 12.9. The lowest BCUT2D eigenvalue weighted by atomic mass is 10.1. The summed E-state index contributed by atoms with van der Waals surface area (Å²) < 4.78 is 3.36. The van der Waals surface area contributed by atoms with Crippen LogP contribution in [0.5, 0.6) is 0 Å². The van der Waals surface area contributed by atoms with Crippen molar-refractivity contribution in [2.45, 2.75) is 41.0 Å². The standard InChI is InChI=1S/C22H24N6O2/c1-12-6-13(2)8-17(7-12)28-19(9-14(3)25-28)24-21(29)10-18-15(4)23-20-11-22(30)26-27(20)16(18)5/h6-9,11H,10H2,1-5H3,(H,24,29)(H,26,30). The highest BCUT2D eigenvalue weighted by atomic mass is 16.1. The molecule has 0 aliphatic heterocycles. The van der Waals surface area contributed by atoms with Gasteiger partial charge in [-0.25, -0.2) is 14.2 Å². The minimum atomic E-state index is -0.223. The molecule has 0 fully saturated rings. The number of anilines is 1. The fourth-order valence-electron chi connectivity index (χ4n) is 3.82. The number of fused-ring (bicyclic) bond motifs is 1. The monoisotopic (exact) mass is 404 g/mol. The fraction of sp³-hybridized carbons (Fsp3) is 0.273. The summed E-state index contributed by atoms with van der Waals surface area (Å²) in [5.74, 6) is 0.434. The Balaban J connectivity index is 1.64. The molecule has 8 heteroatoms. The Kier molecular flexibility index (Phi) is 4.77. The molecule has 4 aromatic rings. The highest BCUT2D eigenvalue weighted by molar-refractivity contribution is 5.92. The Labute approximate surface area is 173 Å². The van der Waals surface area contributed by atoms with Gasteiger partial charge in [-0.15, -0.1) is 0 Å². The van der Waals surface area contributed by atoms with Crippen LogP contribution in [0.15, 0.2) is 35.1 Å². The van der Waals surface area contributed by atoms with Gasteiger partial charge in [0.05, 0.1) is 17.8 Å². The average molecular weight is 404 g/mol. The molecule has 1 aromatic carbocycles. The second-order valence-corrected chi connectivity index (χ2v) is 7.73. The molecular formula is C22H24N6O2. The Morgan fingerprint density at radius 3 is 2.43 bits per heavy atom. The third kappa shape index (κ3) is 3.63. The first kappa shape index (κ1) is 19.6. The Morgan fingerprint density at radius 1 is 1.03 bits per heavy atom. The molecule has 0 aliphatic rings. The number of aryl methyl sites for hydroxylation is 5. The van der Waals surface area contributed by atoms with Crippen molar-refractivity contribution in [1.29, 1.82) is 0 Å². The van der Waals surface area contributed by atoms with E-state index in [0.29, 0.717) is 11.5 Å². The lowest BCUT2D eigenvalue weighted by molar-refractivity contribution is -0.115. The number of carbonyl (C=O) groups is 1. The maximum absolute atomic E-state index is 12.9. The van der Waals surface area contributed by atoms with Gasteiger partial charge < -0.3 is 5.32 Å². The van der Waals surface area contributed by atoms with E-state index in [1.54, 1.807) is 9.20 Å². The van der Waals surface area contributed by atoms with Crippen molar-refractivity contribution in [2.24, 2.45) is 0 Å². The van der Waals surface area contributed by atoms with Crippen LogP contribution in [0.4, 0.5) is 5.82 Å². The second-order valence-electron chi connectivity index (χ2n) is 7.73. The van der Waals surface area contributed by atoms with E-state index in [-0.39, 0.29) is 17.9 Å². The molecule has 0 radical (unpaired) electrons. The number of benzene rings is 1. The van der Waals surface area contributed by atoms with Crippen molar-refractivity contribution in [3.8, 4) is 5.69 Å². The zero-order valence-electron chi connectivity index (χ0n) is 17.7. The minimum Gasteiger partial charge on any atom is -0.310 e. The average Bonchev–Trinajstić information content (AvgIpc) is 3.19. The predicted octanol–water partition coefficient (Wildman–Crippen LogP) is 2.93. The first-order chi connectivity index (χ1) is 14.2. The number of amides is 1. The third-order valence-electron chi connectivity index (χ3n) is 5.09.